The average molecular weight is 495 g/mol. The van der Waals surface area contributed by atoms with Crippen molar-refractivity contribution in [1.82, 2.24) is 0 Å². The Morgan fingerprint density at radius 3 is 1.97 bits per heavy atom. The van der Waals surface area contributed by atoms with E-state index < -0.39 is 13.9 Å². The second kappa shape index (κ2) is 11.2. The Balaban J connectivity index is 1.72. The summed E-state index contributed by atoms with van der Waals surface area (Å²) in [6.45, 7) is 13.3. The molecule has 0 aliphatic heterocycles. The topological polar surface area (TPSA) is 44.8 Å². The lowest BCUT2D eigenvalue weighted by atomic mass is 10.1. The molecular formula is C30H42O4Si. The third kappa shape index (κ3) is 6.93. The number of esters is 1. The van der Waals surface area contributed by atoms with Gasteiger partial charge in [-0.2, -0.15) is 0 Å². The van der Waals surface area contributed by atoms with E-state index >= 15 is 0 Å². The standard InChI is InChI=1S/C30H42O4Si/c1-29(2,3)34-28(31)20-14-19-27(32-7)26-21-23(26)22-33-35(30(4,5)6,24-15-10-8-11-16-24)25-17-12-9-13-18-25/h8-18,20,23,26-27H,19,21-22H2,1-7H3/b20-14+/t23-,26+,27+/m0/s1. The Morgan fingerprint density at radius 1 is 0.971 bits per heavy atom. The molecule has 1 aliphatic carbocycles. The minimum Gasteiger partial charge on any atom is -0.457 e. The molecule has 3 atom stereocenters. The van der Waals surface area contributed by atoms with E-state index in [0.29, 0.717) is 24.9 Å². The van der Waals surface area contributed by atoms with Crippen LogP contribution in [0.2, 0.25) is 5.04 Å². The first-order valence-electron chi connectivity index (χ1n) is 12.7. The second-order valence-corrected chi connectivity index (χ2v) is 15.9. The van der Waals surface area contributed by atoms with Crippen LogP contribution in [0.5, 0.6) is 0 Å². The molecule has 0 bridgehead atoms. The molecule has 1 saturated carbocycles. The van der Waals surface area contributed by atoms with Gasteiger partial charge in [0.15, 0.2) is 0 Å². The van der Waals surface area contributed by atoms with E-state index in [0.717, 1.165) is 6.42 Å². The Bertz CT molecular complexity index is 933. The largest absolute Gasteiger partial charge is 0.457 e. The number of hydrogen-bond acceptors (Lipinski definition) is 4. The summed E-state index contributed by atoms with van der Waals surface area (Å²) in [7, 11) is -0.772. The second-order valence-electron chi connectivity index (χ2n) is 11.6. The molecule has 0 heterocycles. The number of methoxy groups -OCH3 is 1. The van der Waals surface area contributed by atoms with E-state index in [2.05, 4.69) is 81.4 Å². The Kier molecular flexibility index (Phi) is 8.79. The zero-order valence-corrected chi connectivity index (χ0v) is 23.4. The van der Waals surface area contributed by atoms with E-state index in [1.165, 1.54) is 16.4 Å². The van der Waals surface area contributed by atoms with Gasteiger partial charge in [0.05, 0.1) is 6.10 Å². The molecule has 0 N–H and O–H groups in total. The predicted octanol–water partition coefficient (Wildman–Crippen LogP) is 5.50. The van der Waals surface area contributed by atoms with Crippen molar-refractivity contribution in [1.29, 1.82) is 0 Å². The van der Waals surface area contributed by atoms with Crippen LogP contribution >= 0.6 is 0 Å². The fraction of sp³-hybridized carbons (Fsp3) is 0.500. The SMILES string of the molecule is CO[C@H](C/C=C/C(=O)OC(C)(C)C)[C@@H]1C[C@H]1CO[Si](c1ccccc1)(c1ccccc1)C(C)(C)C. The number of carbonyl (C=O) groups excluding carboxylic acids is 1. The molecule has 4 nitrogen and oxygen atoms in total. The van der Waals surface area contributed by atoms with Gasteiger partial charge in [0.25, 0.3) is 8.32 Å². The van der Waals surface area contributed by atoms with Gasteiger partial charge in [0, 0.05) is 19.8 Å². The minimum atomic E-state index is -2.53. The highest BCUT2D eigenvalue weighted by molar-refractivity contribution is 6.99. The van der Waals surface area contributed by atoms with Gasteiger partial charge in [-0.05, 0) is 60.9 Å². The summed E-state index contributed by atoms with van der Waals surface area (Å²) in [6.07, 6.45) is 5.24. The fourth-order valence-corrected chi connectivity index (χ4v) is 9.61. The van der Waals surface area contributed by atoms with Crippen LogP contribution in [-0.4, -0.2) is 39.7 Å². The van der Waals surface area contributed by atoms with Gasteiger partial charge in [0.1, 0.15) is 5.60 Å². The first-order valence-corrected chi connectivity index (χ1v) is 14.6. The molecule has 35 heavy (non-hydrogen) atoms. The summed E-state index contributed by atoms with van der Waals surface area (Å²) in [5.74, 6) is 0.577. The molecule has 0 saturated heterocycles. The van der Waals surface area contributed by atoms with E-state index in [1.54, 1.807) is 7.11 Å². The van der Waals surface area contributed by atoms with Crippen LogP contribution in [0.1, 0.15) is 54.4 Å². The Labute approximate surface area is 212 Å². The van der Waals surface area contributed by atoms with Crippen LogP contribution < -0.4 is 10.4 Å². The molecule has 1 fully saturated rings. The molecule has 3 rings (SSSR count). The lowest BCUT2D eigenvalue weighted by Gasteiger charge is -2.43. The number of hydrogen-bond donors (Lipinski definition) is 0. The zero-order chi connectivity index (χ0) is 25.7. The summed E-state index contributed by atoms with van der Waals surface area (Å²) in [5, 5.41) is 2.58. The van der Waals surface area contributed by atoms with Crippen LogP contribution in [0.4, 0.5) is 0 Å². The van der Waals surface area contributed by atoms with Crippen molar-refractivity contribution in [3.8, 4) is 0 Å². The van der Waals surface area contributed by atoms with Crippen molar-refractivity contribution in [2.45, 2.75) is 71.1 Å². The Hall–Kier alpha value is -2.21. The van der Waals surface area contributed by atoms with E-state index in [9.17, 15) is 4.79 Å². The maximum absolute atomic E-state index is 12.0. The lowest BCUT2D eigenvalue weighted by Crippen LogP contribution is -2.66. The first kappa shape index (κ1) is 27.4. The molecule has 0 radical (unpaired) electrons. The molecular weight excluding hydrogens is 452 g/mol. The average Bonchev–Trinajstić information content (AvgIpc) is 3.56. The van der Waals surface area contributed by atoms with Crippen LogP contribution in [-0.2, 0) is 18.7 Å². The van der Waals surface area contributed by atoms with Crippen molar-refractivity contribution in [2.75, 3.05) is 13.7 Å². The van der Waals surface area contributed by atoms with Crippen LogP contribution in [0.25, 0.3) is 0 Å². The summed E-state index contributed by atoms with van der Waals surface area (Å²) < 4.78 is 18.3. The van der Waals surface area contributed by atoms with Gasteiger partial charge in [-0.15, -0.1) is 0 Å². The first-order chi connectivity index (χ1) is 16.5. The highest BCUT2D eigenvalue weighted by atomic mass is 28.4. The molecule has 2 aromatic carbocycles. The molecule has 5 heteroatoms. The van der Waals surface area contributed by atoms with Gasteiger partial charge < -0.3 is 13.9 Å². The number of carbonyl (C=O) groups is 1. The highest BCUT2D eigenvalue weighted by Crippen LogP contribution is 2.45. The van der Waals surface area contributed by atoms with Crippen molar-refractivity contribution in [2.24, 2.45) is 11.8 Å². The van der Waals surface area contributed by atoms with E-state index in [-0.39, 0.29) is 17.1 Å². The maximum Gasteiger partial charge on any atom is 0.330 e. The molecule has 0 spiro atoms. The summed E-state index contributed by atoms with van der Waals surface area (Å²) >= 11 is 0. The van der Waals surface area contributed by atoms with Crippen molar-refractivity contribution in [3.63, 3.8) is 0 Å². The monoisotopic (exact) mass is 494 g/mol. The van der Waals surface area contributed by atoms with Gasteiger partial charge in [-0.1, -0.05) is 87.5 Å². The normalized spacial score (nSPS) is 19.5. The maximum atomic E-state index is 12.0. The molecule has 0 aromatic heterocycles. The van der Waals surface area contributed by atoms with Gasteiger partial charge in [-0.3, -0.25) is 0 Å². The van der Waals surface area contributed by atoms with Crippen molar-refractivity contribution < 1.29 is 18.7 Å². The van der Waals surface area contributed by atoms with Crippen LogP contribution in [0.15, 0.2) is 72.8 Å². The molecule has 1 aliphatic rings. The molecule has 190 valence electrons. The smallest absolute Gasteiger partial charge is 0.330 e. The van der Waals surface area contributed by atoms with E-state index in [4.69, 9.17) is 13.9 Å². The van der Waals surface area contributed by atoms with Crippen molar-refractivity contribution in [3.05, 3.63) is 72.8 Å². The quantitative estimate of drug-likeness (QED) is 0.248. The molecule has 0 amide bonds. The number of ether oxygens (including phenoxy) is 2. The van der Waals surface area contributed by atoms with Gasteiger partial charge in [-0.25, -0.2) is 4.79 Å². The van der Waals surface area contributed by atoms with Gasteiger partial charge in [0.2, 0.25) is 0 Å². The predicted molar refractivity (Wildman–Crippen MR) is 146 cm³/mol. The third-order valence-electron chi connectivity index (χ3n) is 6.72. The summed E-state index contributed by atoms with van der Waals surface area (Å²) in [5.41, 5.74) is -0.484. The van der Waals surface area contributed by atoms with Crippen LogP contribution in [0, 0.1) is 11.8 Å². The molecule has 0 unspecified atom stereocenters. The van der Waals surface area contributed by atoms with Gasteiger partial charge >= 0.3 is 5.97 Å². The minimum absolute atomic E-state index is 0.0308. The number of benzene rings is 2. The molecule has 2 aromatic rings. The zero-order valence-electron chi connectivity index (χ0n) is 22.4. The fourth-order valence-electron chi connectivity index (χ4n) is 4.99. The Morgan fingerprint density at radius 2 is 1.51 bits per heavy atom. The van der Waals surface area contributed by atoms with E-state index in [1.807, 2.05) is 26.8 Å². The summed E-state index contributed by atoms with van der Waals surface area (Å²) in [6, 6.07) is 21.5. The lowest BCUT2D eigenvalue weighted by molar-refractivity contribution is -0.148. The van der Waals surface area contributed by atoms with Crippen molar-refractivity contribution >= 4 is 24.7 Å². The van der Waals surface area contributed by atoms with Crippen LogP contribution in [0.3, 0.4) is 0 Å². The summed E-state index contributed by atoms with van der Waals surface area (Å²) in [4.78, 5) is 12.0. The number of rotatable bonds is 10. The highest BCUT2D eigenvalue weighted by Gasteiger charge is 2.52. The third-order valence-corrected chi connectivity index (χ3v) is 11.7.